The van der Waals surface area contributed by atoms with Crippen LogP contribution < -0.4 is 5.73 Å². The van der Waals surface area contributed by atoms with E-state index in [2.05, 4.69) is 23.1 Å². The molecule has 2 heterocycles. The van der Waals surface area contributed by atoms with Crippen molar-refractivity contribution in [3.05, 3.63) is 22.8 Å². The fraction of sp³-hybridized carbons (Fsp3) is 0.538. The van der Waals surface area contributed by atoms with Crippen molar-refractivity contribution in [2.24, 2.45) is 5.73 Å². The second kappa shape index (κ2) is 4.48. The zero-order valence-corrected chi connectivity index (χ0v) is 11.3. The number of hydrogen-bond acceptors (Lipinski definition) is 5. The van der Waals surface area contributed by atoms with Gasteiger partial charge in [0.15, 0.2) is 5.82 Å². The largest absolute Gasteiger partial charge is 0.333 e. The summed E-state index contributed by atoms with van der Waals surface area (Å²) in [5, 5.41) is 4.09. The first kappa shape index (κ1) is 11.9. The minimum Gasteiger partial charge on any atom is -0.333 e. The van der Waals surface area contributed by atoms with Gasteiger partial charge in [0, 0.05) is 4.88 Å². The maximum Gasteiger partial charge on any atom is 0.268 e. The van der Waals surface area contributed by atoms with E-state index in [1.54, 1.807) is 11.3 Å². The summed E-state index contributed by atoms with van der Waals surface area (Å²) in [6, 6.07) is 4.07. The first-order valence-electron chi connectivity index (χ1n) is 6.37. The van der Waals surface area contributed by atoms with Gasteiger partial charge in [0.25, 0.3) is 5.89 Å². The van der Waals surface area contributed by atoms with Crippen LogP contribution in [0.3, 0.4) is 0 Å². The van der Waals surface area contributed by atoms with Crippen LogP contribution in [-0.2, 0) is 5.54 Å². The summed E-state index contributed by atoms with van der Waals surface area (Å²) < 4.78 is 5.35. The van der Waals surface area contributed by atoms with Gasteiger partial charge in [0.2, 0.25) is 0 Å². The highest BCUT2D eigenvalue weighted by Gasteiger charge is 2.34. The van der Waals surface area contributed by atoms with E-state index in [4.69, 9.17) is 10.3 Å². The molecule has 0 aliphatic heterocycles. The molecule has 5 heteroatoms. The van der Waals surface area contributed by atoms with Crippen molar-refractivity contribution < 1.29 is 4.52 Å². The van der Waals surface area contributed by atoms with Crippen molar-refractivity contribution in [3.8, 4) is 10.8 Å². The van der Waals surface area contributed by atoms with Crippen molar-refractivity contribution in [3.63, 3.8) is 0 Å². The average molecular weight is 263 g/mol. The van der Waals surface area contributed by atoms with Crippen LogP contribution in [0, 0.1) is 6.92 Å². The fourth-order valence-electron chi connectivity index (χ4n) is 2.48. The highest BCUT2D eigenvalue weighted by atomic mass is 32.1. The number of rotatable bonds is 2. The molecule has 0 radical (unpaired) electrons. The van der Waals surface area contributed by atoms with Gasteiger partial charge in [-0.05, 0) is 31.9 Å². The van der Waals surface area contributed by atoms with E-state index in [-0.39, 0.29) is 5.54 Å². The number of nitrogens with two attached hydrogens (primary N) is 1. The summed E-state index contributed by atoms with van der Waals surface area (Å²) in [6.07, 6.45) is 5.47. The van der Waals surface area contributed by atoms with Gasteiger partial charge in [-0.25, -0.2) is 0 Å². The van der Waals surface area contributed by atoms with Crippen LogP contribution in [0.25, 0.3) is 10.8 Å². The molecule has 0 saturated heterocycles. The third-order valence-electron chi connectivity index (χ3n) is 3.57. The van der Waals surface area contributed by atoms with Crippen LogP contribution in [0.5, 0.6) is 0 Å². The van der Waals surface area contributed by atoms with Crippen LogP contribution in [0.1, 0.15) is 42.8 Å². The van der Waals surface area contributed by atoms with Crippen molar-refractivity contribution in [2.75, 3.05) is 0 Å². The summed E-state index contributed by atoms with van der Waals surface area (Å²) in [7, 11) is 0. The lowest BCUT2D eigenvalue weighted by Gasteiger charge is -2.29. The summed E-state index contributed by atoms with van der Waals surface area (Å²) in [4.78, 5) is 6.76. The summed E-state index contributed by atoms with van der Waals surface area (Å²) in [5.74, 6) is 1.27. The Kier molecular flexibility index (Phi) is 2.95. The number of aryl methyl sites for hydroxylation is 1. The maximum atomic E-state index is 6.40. The summed E-state index contributed by atoms with van der Waals surface area (Å²) in [5.41, 5.74) is 6.01. The van der Waals surface area contributed by atoms with Gasteiger partial charge < -0.3 is 10.3 Å². The Morgan fingerprint density at radius 1 is 1.28 bits per heavy atom. The molecule has 0 spiro atoms. The molecule has 1 aliphatic rings. The molecule has 2 N–H and O–H groups in total. The van der Waals surface area contributed by atoms with Crippen LogP contribution in [0.2, 0.25) is 0 Å². The minimum atomic E-state index is -0.383. The van der Waals surface area contributed by atoms with Gasteiger partial charge in [-0.1, -0.05) is 24.4 Å². The van der Waals surface area contributed by atoms with Crippen LogP contribution in [0.4, 0.5) is 0 Å². The molecule has 0 unspecified atom stereocenters. The standard InChI is InChI=1S/C13H17N3OS/c1-9-5-6-10(18-9)11-15-12(16-17-11)13(14)7-3-2-4-8-13/h5-6H,2-4,7-8,14H2,1H3. The highest BCUT2D eigenvalue weighted by Crippen LogP contribution is 2.34. The molecule has 4 nitrogen and oxygen atoms in total. The number of nitrogens with zero attached hydrogens (tertiary/aromatic N) is 2. The highest BCUT2D eigenvalue weighted by molar-refractivity contribution is 7.15. The van der Waals surface area contributed by atoms with E-state index in [0.717, 1.165) is 30.6 Å². The molecular formula is C13H17N3OS. The Balaban J connectivity index is 1.89. The maximum absolute atomic E-state index is 6.40. The summed E-state index contributed by atoms with van der Waals surface area (Å²) in [6.45, 7) is 2.07. The molecule has 3 rings (SSSR count). The monoisotopic (exact) mass is 263 g/mol. The molecule has 18 heavy (non-hydrogen) atoms. The second-order valence-corrected chi connectivity index (χ2v) is 6.34. The normalized spacial score (nSPS) is 19.0. The Bertz CT molecular complexity index is 540. The predicted octanol–water partition coefficient (Wildman–Crippen LogP) is 3.22. The van der Waals surface area contributed by atoms with E-state index in [1.807, 2.05) is 6.07 Å². The molecule has 2 aromatic heterocycles. The van der Waals surface area contributed by atoms with E-state index in [9.17, 15) is 0 Å². The first-order valence-corrected chi connectivity index (χ1v) is 7.19. The number of thiophene rings is 1. The number of aromatic nitrogens is 2. The quantitative estimate of drug-likeness (QED) is 0.903. The summed E-state index contributed by atoms with van der Waals surface area (Å²) >= 11 is 1.66. The predicted molar refractivity (Wildman–Crippen MR) is 71.3 cm³/mol. The SMILES string of the molecule is Cc1ccc(-c2nc(C3(N)CCCCC3)no2)s1. The van der Waals surface area contributed by atoms with Crippen LogP contribution in [0.15, 0.2) is 16.7 Å². The lowest BCUT2D eigenvalue weighted by molar-refractivity contribution is 0.275. The molecule has 1 fully saturated rings. The Labute approximate surface area is 110 Å². The van der Waals surface area contributed by atoms with Gasteiger partial charge in [-0.15, -0.1) is 11.3 Å². The first-order chi connectivity index (χ1) is 8.67. The molecule has 2 aromatic rings. The molecule has 1 saturated carbocycles. The molecular weight excluding hydrogens is 246 g/mol. The van der Waals surface area contributed by atoms with Gasteiger partial charge in [0.05, 0.1) is 10.4 Å². The molecule has 96 valence electrons. The molecule has 1 aliphatic carbocycles. The van der Waals surface area contributed by atoms with E-state index in [1.165, 1.54) is 11.3 Å². The van der Waals surface area contributed by atoms with Gasteiger partial charge >= 0.3 is 0 Å². The minimum absolute atomic E-state index is 0.383. The van der Waals surface area contributed by atoms with Gasteiger partial charge in [-0.2, -0.15) is 4.98 Å². The smallest absolute Gasteiger partial charge is 0.268 e. The second-order valence-electron chi connectivity index (χ2n) is 5.05. The Hall–Kier alpha value is -1.20. The van der Waals surface area contributed by atoms with Gasteiger partial charge in [0.1, 0.15) is 0 Å². The third kappa shape index (κ3) is 2.08. The van der Waals surface area contributed by atoms with Crippen molar-refractivity contribution in [1.29, 1.82) is 0 Å². The van der Waals surface area contributed by atoms with Crippen LogP contribution in [-0.4, -0.2) is 10.1 Å². The molecule has 0 bridgehead atoms. The lowest BCUT2D eigenvalue weighted by Crippen LogP contribution is -2.39. The zero-order chi connectivity index (χ0) is 12.6. The third-order valence-corrected chi connectivity index (χ3v) is 4.56. The molecule has 0 aromatic carbocycles. The van der Waals surface area contributed by atoms with Gasteiger partial charge in [-0.3, -0.25) is 0 Å². The Morgan fingerprint density at radius 3 is 2.72 bits per heavy atom. The number of hydrogen-bond donors (Lipinski definition) is 1. The average Bonchev–Trinajstić information content (AvgIpc) is 2.98. The van der Waals surface area contributed by atoms with Crippen molar-refractivity contribution in [1.82, 2.24) is 10.1 Å². The van der Waals surface area contributed by atoms with Crippen molar-refractivity contribution in [2.45, 2.75) is 44.6 Å². The van der Waals surface area contributed by atoms with Crippen LogP contribution >= 0.6 is 11.3 Å². The van der Waals surface area contributed by atoms with E-state index in [0.29, 0.717) is 11.7 Å². The van der Waals surface area contributed by atoms with E-state index >= 15 is 0 Å². The topological polar surface area (TPSA) is 64.9 Å². The van der Waals surface area contributed by atoms with Crippen molar-refractivity contribution >= 4 is 11.3 Å². The molecule has 0 atom stereocenters. The Morgan fingerprint density at radius 2 is 2.06 bits per heavy atom. The molecule has 0 amide bonds. The lowest BCUT2D eigenvalue weighted by atomic mass is 9.82. The zero-order valence-electron chi connectivity index (χ0n) is 10.5. The fourth-order valence-corrected chi connectivity index (χ4v) is 3.27. The van der Waals surface area contributed by atoms with E-state index < -0.39 is 0 Å².